The van der Waals surface area contributed by atoms with E-state index in [4.69, 9.17) is 10.5 Å². The first-order valence-corrected chi connectivity index (χ1v) is 5.00. The summed E-state index contributed by atoms with van der Waals surface area (Å²) >= 11 is 0. The minimum absolute atomic E-state index is 0.355. The molecule has 0 aliphatic rings. The van der Waals surface area contributed by atoms with E-state index in [1.807, 2.05) is 31.2 Å². The molecule has 0 radical (unpaired) electrons. The largest absolute Gasteiger partial charge is 0.465 e. The van der Waals surface area contributed by atoms with Crippen LogP contribution in [0.2, 0.25) is 0 Å². The van der Waals surface area contributed by atoms with Crippen molar-refractivity contribution in [2.45, 2.75) is 6.92 Å². The van der Waals surface area contributed by atoms with Gasteiger partial charge in [0.05, 0.1) is 12.7 Å². The van der Waals surface area contributed by atoms with Gasteiger partial charge in [-0.15, -0.1) is 0 Å². The molecule has 2 rings (SSSR count). The van der Waals surface area contributed by atoms with Gasteiger partial charge in [-0.1, -0.05) is 18.2 Å². The van der Waals surface area contributed by atoms with Gasteiger partial charge in [0.1, 0.15) is 0 Å². The second kappa shape index (κ2) is 3.85. The highest BCUT2D eigenvalue weighted by Crippen LogP contribution is 2.26. The van der Waals surface area contributed by atoms with Crippen LogP contribution in [0.25, 0.3) is 10.8 Å². The Morgan fingerprint density at radius 2 is 2.06 bits per heavy atom. The first-order chi connectivity index (χ1) is 7.63. The summed E-state index contributed by atoms with van der Waals surface area (Å²) in [7, 11) is 1.37. The number of hydrogen-bond donors (Lipinski definition) is 1. The third kappa shape index (κ3) is 1.60. The smallest absolute Gasteiger partial charge is 0.338 e. The molecule has 82 valence electrons. The van der Waals surface area contributed by atoms with Crippen molar-refractivity contribution in [3.8, 4) is 0 Å². The highest BCUT2D eigenvalue weighted by Gasteiger charge is 2.12. The fourth-order valence-corrected chi connectivity index (χ4v) is 1.91. The van der Waals surface area contributed by atoms with Crippen molar-refractivity contribution < 1.29 is 9.53 Å². The summed E-state index contributed by atoms with van der Waals surface area (Å²) in [6, 6.07) is 9.35. The van der Waals surface area contributed by atoms with Crippen molar-refractivity contribution in [1.29, 1.82) is 0 Å². The Bertz CT molecular complexity index is 561. The fraction of sp³-hybridized carbons (Fsp3) is 0.154. The Morgan fingerprint density at radius 3 is 2.75 bits per heavy atom. The molecule has 16 heavy (non-hydrogen) atoms. The second-order valence-electron chi connectivity index (χ2n) is 3.73. The van der Waals surface area contributed by atoms with Crippen LogP contribution in [0.5, 0.6) is 0 Å². The van der Waals surface area contributed by atoms with Gasteiger partial charge in [0, 0.05) is 5.69 Å². The minimum Gasteiger partial charge on any atom is -0.465 e. The molecule has 0 atom stereocenters. The number of fused-ring (bicyclic) bond motifs is 1. The van der Waals surface area contributed by atoms with Crippen molar-refractivity contribution in [2.24, 2.45) is 0 Å². The van der Waals surface area contributed by atoms with Crippen molar-refractivity contribution >= 4 is 22.4 Å². The van der Waals surface area contributed by atoms with Crippen LogP contribution in [-0.2, 0) is 4.74 Å². The van der Waals surface area contributed by atoms with E-state index >= 15 is 0 Å². The van der Waals surface area contributed by atoms with Crippen molar-refractivity contribution in [2.75, 3.05) is 12.8 Å². The number of hydrogen-bond acceptors (Lipinski definition) is 3. The number of carbonyl (C=O) groups is 1. The molecule has 0 saturated carbocycles. The molecule has 0 aromatic heterocycles. The SMILES string of the molecule is COC(=O)c1cc(N)cc2cccc(C)c12. The third-order valence-corrected chi connectivity index (χ3v) is 2.61. The van der Waals surface area contributed by atoms with Gasteiger partial charge in [-0.25, -0.2) is 4.79 Å². The summed E-state index contributed by atoms with van der Waals surface area (Å²) in [6.07, 6.45) is 0. The first kappa shape index (κ1) is 10.5. The Labute approximate surface area is 93.8 Å². The molecule has 0 spiro atoms. The average Bonchev–Trinajstić information content (AvgIpc) is 2.27. The molecular weight excluding hydrogens is 202 g/mol. The molecule has 0 saturated heterocycles. The van der Waals surface area contributed by atoms with E-state index in [2.05, 4.69) is 0 Å². The summed E-state index contributed by atoms with van der Waals surface area (Å²) in [6.45, 7) is 1.96. The van der Waals surface area contributed by atoms with Gasteiger partial charge in [-0.3, -0.25) is 0 Å². The van der Waals surface area contributed by atoms with Gasteiger partial charge in [-0.05, 0) is 35.4 Å². The molecule has 0 amide bonds. The molecule has 2 N–H and O–H groups in total. The van der Waals surface area contributed by atoms with Gasteiger partial charge < -0.3 is 10.5 Å². The van der Waals surface area contributed by atoms with Crippen LogP contribution in [0.3, 0.4) is 0 Å². The van der Waals surface area contributed by atoms with Crippen molar-refractivity contribution in [3.63, 3.8) is 0 Å². The van der Waals surface area contributed by atoms with Crippen LogP contribution in [-0.4, -0.2) is 13.1 Å². The Hall–Kier alpha value is -2.03. The quantitative estimate of drug-likeness (QED) is 0.587. The van der Waals surface area contributed by atoms with Crippen LogP contribution >= 0.6 is 0 Å². The topological polar surface area (TPSA) is 52.3 Å². The monoisotopic (exact) mass is 215 g/mol. The van der Waals surface area contributed by atoms with Crippen LogP contribution in [0.15, 0.2) is 30.3 Å². The zero-order chi connectivity index (χ0) is 11.7. The maximum Gasteiger partial charge on any atom is 0.338 e. The Morgan fingerprint density at radius 1 is 1.31 bits per heavy atom. The van der Waals surface area contributed by atoms with Crippen molar-refractivity contribution in [1.82, 2.24) is 0 Å². The van der Waals surface area contributed by atoms with Crippen molar-refractivity contribution in [3.05, 3.63) is 41.5 Å². The van der Waals surface area contributed by atoms with Gasteiger partial charge in [0.2, 0.25) is 0 Å². The number of benzene rings is 2. The molecular formula is C13H13NO2. The van der Waals surface area contributed by atoms with E-state index < -0.39 is 0 Å². The average molecular weight is 215 g/mol. The third-order valence-electron chi connectivity index (χ3n) is 2.61. The highest BCUT2D eigenvalue weighted by molar-refractivity contribution is 6.07. The fourth-order valence-electron chi connectivity index (χ4n) is 1.91. The maximum absolute atomic E-state index is 11.7. The number of nitrogens with two attached hydrogens (primary N) is 1. The van der Waals surface area contributed by atoms with Crippen LogP contribution in [0.1, 0.15) is 15.9 Å². The lowest BCUT2D eigenvalue weighted by Gasteiger charge is -2.08. The van der Waals surface area contributed by atoms with E-state index in [9.17, 15) is 4.79 Å². The summed E-state index contributed by atoms with van der Waals surface area (Å²) in [5.41, 5.74) is 7.89. The number of esters is 1. The lowest BCUT2D eigenvalue weighted by Crippen LogP contribution is -2.04. The molecule has 2 aromatic carbocycles. The number of aryl methyl sites for hydroxylation is 1. The zero-order valence-electron chi connectivity index (χ0n) is 9.28. The van der Waals surface area contributed by atoms with Gasteiger partial charge in [-0.2, -0.15) is 0 Å². The summed E-state index contributed by atoms with van der Waals surface area (Å²) in [4.78, 5) is 11.7. The van der Waals surface area contributed by atoms with Gasteiger partial charge in [0.15, 0.2) is 0 Å². The number of anilines is 1. The molecule has 3 nitrogen and oxygen atoms in total. The Kier molecular flexibility index (Phi) is 2.52. The van der Waals surface area contributed by atoms with Crippen LogP contribution in [0.4, 0.5) is 5.69 Å². The first-order valence-electron chi connectivity index (χ1n) is 5.00. The molecule has 0 aliphatic heterocycles. The predicted molar refractivity (Wildman–Crippen MR) is 64.4 cm³/mol. The van der Waals surface area contributed by atoms with Crippen LogP contribution in [0, 0.1) is 6.92 Å². The standard InChI is InChI=1S/C13H13NO2/c1-8-4-3-5-9-6-10(14)7-11(12(8)9)13(15)16-2/h3-7H,14H2,1-2H3. The molecule has 0 bridgehead atoms. The molecule has 3 heteroatoms. The zero-order valence-corrected chi connectivity index (χ0v) is 9.28. The molecule has 0 aliphatic carbocycles. The van der Waals surface area contributed by atoms with E-state index in [-0.39, 0.29) is 5.97 Å². The normalized spacial score (nSPS) is 10.4. The second-order valence-corrected chi connectivity index (χ2v) is 3.73. The minimum atomic E-state index is -0.355. The summed E-state index contributed by atoms with van der Waals surface area (Å²) < 4.78 is 4.76. The van der Waals surface area contributed by atoms with Gasteiger partial charge >= 0.3 is 5.97 Å². The number of carbonyl (C=O) groups excluding carboxylic acids is 1. The van der Waals surface area contributed by atoms with E-state index in [1.54, 1.807) is 6.07 Å². The van der Waals surface area contributed by atoms with E-state index in [1.165, 1.54) is 7.11 Å². The molecule has 0 fully saturated rings. The lowest BCUT2D eigenvalue weighted by molar-refractivity contribution is 0.0603. The van der Waals surface area contributed by atoms with E-state index in [0.717, 1.165) is 16.3 Å². The maximum atomic E-state index is 11.7. The van der Waals surface area contributed by atoms with Crippen LogP contribution < -0.4 is 5.73 Å². The van der Waals surface area contributed by atoms with E-state index in [0.29, 0.717) is 11.3 Å². The number of ether oxygens (including phenoxy) is 1. The van der Waals surface area contributed by atoms with Gasteiger partial charge in [0.25, 0.3) is 0 Å². The molecule has 2 aromatic rings. The molecule has 0 heterocycles. The Balaban J connectivity index is 2.85. The highest BCUT2D eigenvalue weighted by atomic mass is 16.5. The molecule has 0 unspecified atom stereocenters. The number of methoxy groups -OCH3 is 1. The summed E-state index contributed by atoms with van der Waals surface area (Å²) in [5, 5.41) is 1.86. The number of nitrogen functional groups attached to an aromatic ring is 1. The summed E-state index contributed by atoms with van der Waals surface area (Å²) in [5.74, 6) is -0.355. The number of rotatable bonds is 1. The predicted octanol–water partition coefficient (Wildman–Crippen LogP) is 2.52. The lowest BCUT2D eigenvalue weighted by atomic mass is 9.99.